The first-order valence-corrected chi connectivity index (χ1v) is 7.98. The molecule has 0 N–H and O–H groups in total. The lowest BCUT2D eigenvalue weighted by Crippen LogP contribution is -2.16. The molecule has 0 unspecified atom stereocenters. The summed E-state index contributed by atoms with van der Waals surface area (Å²) >= 11 is 1.47. The van der Waals surface area contributed by atoms with E-state index in [4.69, 9.17) is 4.74 Å². The topological polar surface area (TPSA) is 73.6 Å². The number of fused-ring (bicyclic) bond motifs is 1. The van der Waals surface area contributed by atoms with Gasteiger partial charge < -0.3 is 4.74 Å². The summed E-state index contributed by atoms with van der Waals surface area (Å²) in [7, 11) is 0. The van der Waals surface area contributed by atoms with Crippen LogP contribution < -0.4 is 5.56 Å². The third kappa shape index (κ3) is 3.12. The van der Waals surface area contributed by atoms with Crippen LogP contribution in [0.15, 0.2) is 10.9 Å². The van der Waals surface area contributed by atoms with E-state index < -0.39 is 0 Å². The first-order valence-electron chi connectivity index (χ1n) is 7.16. The van der Waals surface area contributed by atoms with E-state index in [9.17, 15) is 9.59 Å². The first-order chi connectivity index (χ1) is 10.1. The van der Waals surface area contributed by atoms with Crippen molar-refractivity contribution in [3.63, 3.8) is 0 Å². The Labute approximate surface area is 125 Å². The molecule has 7 heteroatoms. The smallest absolute Gasteiger partial charge is 0.303 e. The van der Waals surface area contributed by atoms with Gasteiger partial charge >= 0.3 is 5.97 Å². The molecule has 112 valence electrons. The van der Waals surface area contributed by atoms with Crippen molar-refractivity contribution < 1.29 is 9.53 Å². The van der Waals surface area contributed by atoms with Crippen molar-refractivity contribution in [2.24, 2.45) is 0 Å². The molecule has 1 fully saturated rings. The van der Waals surface area contributed by atoms with Crippen LogP contribution in [0.2, 0.25) is 0 Å². The molecule has 0 radical (unpaired) electrons. The fraction of sp³-hybridized carbons (Fsp3) is 0.571. The van der Waals surface area contributed by atoms with E-state index >= 15 is 0 Å². The van der Waals surface area contributed by atoms with Crippen molar-refractivity contribution >= 4 is 22.3 Å². The van der Waals surface area contributed by atoms with Crippen LogP contribution in [-0.4, -0.2) is 20.6 Å². The van der Waals surface area contributed by atoms with E-state index in [-0.39, 0.29) is 18.1 Å². The molecule has 0 amide bonds. The van der Waals surface area contributed by atoms with Crippen molar-refractivity contribution in [2.45, 2.75) is 51.6 Å². The zero-order chi connectivity index (χ0) is 14.8. The van der Waals surface area contributed by atoms with Gasteiger partial charge in [-0.05, 0) is 12.8 Å². The minimum atomic E-state index is -0.385. The molecule has 0 bridgehead atoms. The second-order valence-corrected chi connectivity index (χ2v) is 6.32. The SMILES string of the molecule is CC(=O)OCc1cc(=O)n2nc(C3CCCCC3)sc2n1. The number of nitrogens with zero attached hydrogens (tertiary/aromatic N) is 3. The molecule has 21 heavy (non-hydrogen) atoms. The number of carbonyl (C=O) groups excluding carboxylic acids is 1. The van der Waals surface area contributed by atoms with Crippen molar-refractivity contribution in [2.75, 3.05) is 0 Å². The minimum Gasteiger partial charge on any atom is -0.459 e. The number of aromatic nitrogens is 3. The molecule has 3 rings (SSSR count). The van der Waals surface area contributed by atoms with E-state index in [1.165, 1.54) is 48.1 Å². The number of esters is 1. The minimum absolute atomic E-state index is 0.0255. The zero-order valence-corrected chi connectivity index (χ0v) is 12.7. The molecular formula is C14H17N3O3S. The summed E-state index contributed by atoms with van der Waals surface area (Å²) in [6.45, 7) is 1.36. The van der Waals surface area contributed by atoms with E-state index in [2.05, 4.69) is 10.1 Å². The average molecular weight is 307 g/mol. The summed E-state index contributed by atoms with van der Waals surface area (Å²) in [6, 6.07) is 1.38. The molecular weight excluding hydrogens is 290 g/mol. The molecule has 1 saturated carbocycles. The van der Waals surface area contributed by atoms with Crippen molar-refractivity contribution in [3.05, 3.63) is 27.1 Å². The molecule has 0 spiro atoms. The van der Waals surface area contributed by atoms with E-state index in [1.807, 2.05) is 0 Å². The quantitative estimate of drug-likeness (QED) is 0.813. The Morgan fingerprint density at radius 3 is 2.90 bits per heavy atom. The number of carbonyl (C=O) groups is 1. The highest BCUT2D eigenvalue weighted by molar-refractivity contribution is 7.16. The van der Waals surface area contributed by atoms with Crippen LogP contribution in [0.25, 0.3) is 4.96 Å². The Morgan fingerprint density at radius 2 is 2.19 bits per heavy atom. The lowest BCUT2D eigenvalue weighted by atomic mass is 9.90. The Balaban J connectivity index is 1.91. The van der Waals surface area contributed by atoms with Crippen LogP contribution in [0.4, 0.5) is 0 Å². The van der Waals surface area contributed by atoms with Gasteiger partial charge in [0.15, 0.2) is 0 Å². The maximum Gasteiger partial charge on any atom is 0.303 e. The van der Waals surface area contributed by atoms with Gasteiger partial charge in [-0.15, -0.1) is 0 Å². The van der Waals surface area contributed by atoms with Crippen LogP contribution >= 0.6 is 11.3 Å². The van der Waals surface area contributed by atoms with Crippen molar-refractivity contribution in [1.29, 1.82) is 0 Å². The second-order valence-electron chi connectivity index (χ2n) is 5.34. The molecule has 0 saturated heterocycles. The van der Waals surface area contributed by atoms with Gasteiger partial charge in [0.1, 0.15) is 11.6 Å². The standard InChI is InChI=1S/C14H17N3O3S/c1-9(18)20-8-11-7-12(19)17-14(15-11)21-13(16-17)10-5-3-2-4-6-10/h7,10H,2-6,8H2,1H3. The lowest BCUT2D eigenvalue weighted by Gasteiger charge is -2.18. The normalized spacial score (nSPS) is 16.2. The number of hydrogen-bond acceptors (Lipinski definition) is 6. The third-order valence-electron chi connectivity index (χ3n) is 3.69. The van der Waals surface area contributed by atoms with Gasteiger partial charge in [-0.1, -0.05) is 30.6 Å². The number of hydrogen-bond donors (Lipinski definition) is 0. The molecule has 0 aliphatic heterocycles. The highest BCUT2D eigenvalue weighted by atomic mass is 32.1. The maximum atomic E-state index is 12.1. The van der Waals surface area contributed by atoms with Gasteiger partial charge in [-0.25, -0.2) is 4.98 Å². The third-order valence-corrected chi connectivity index (χ3v) is 4.76. The van der Waals surface area contributed by atoms with E-state index in [0.29, 0.717) is 16.6 Å². The van der Waals surface area contributed by atoms with Crippen LogP contribution in [0.3, 0.4) is 0 Å². The average Bonchev–Trinajstić information content (AvgIpc) is 2.91. The van der Waals surface area contributed by atoms with E-state index in [0.717, 1.165) is 17.8 Å². The number of rotatable bonds is 3. The molecule has 1 aliphatic rings. The van der Waals surface area contributed by atoms with Crippen molar-refractivity contribution in [1.82, 2.24) is 14.6 Å². The molecule has 1 aliphatic carbocycles. The lowest BCUT2D eigenvalue weighted by molar-refractivity contribution is -0.142. The highest BCUT2D eigenvalue weighted by Crippen LogP contribution is 2.34. The van der Waals surface area contributed by atoms with Crippen LogP contribution in [0.5, 0.6) is 0 Å². The fourth-order valence-electron chi connectivity index (χ4n) is 2.64. The summed E-state index contributed by atoms with van der Waals surface area (Å²) in [5.41, 5.74) is 0.245. The summed E-state index contributed by atoms with van der Waals surface area (Å²) < 4.78 is 6.24. The molecule has 2 heterocycles. The van der Waals surface area contributed by atoms with Gasteiger partial charge in [0, 0.05) is 18.9 Å². The first kappa shape index (κ1) is 14.2. The van der Waals surface area contributed by atoms with Gasteiger partial charge in [0.05, 0.1) is 5.69 Å². The largest absolute Gasteiger partial charge is 0.459 e. The Kier molecular flexibility index (Phi) is 4.01. The van der Waals surface area contributed by atoms with Crippen LogP contribution in [-0.2, 0) is 16.1 Å². The fourth-order valence-corrected chi connectivity index (χ4v) is 3.73. The van der Waals surface area contributed by atoms with E-state index in [1.54, 1.807) is 0 Å². The molecule has 2 aromatic rings. The zero-order valence-electron chi connectivity index (χ0n) is 11.9. The van der Waals surface area contributed by atoms with Gasteiger partial charge in [-0.3, -0.25) is 9.59 Å². The van der Waals surface area contributed by atoms with Gasteiger partial charge in [0.25, 0.3) is 5.56 Å². The summed E-state index contributed by atoms with van der Waals surface area (Å²) in [5, 5.41) is 5.41. The molecule has 6 nitrogen and oxygen atoms in total. The van der Waals surface area contributed by atoms with Crippen molar-refractivity contribution in [3.8, 4) is 0 Å². The summed E-state index contributed by atoms with van der Waals surface area (Å²) in [4.78, 5) is 27.8. The van der Waals surface area contributed by atoms with Crippen LogP contribution in [0, 0.1) is 0 Å². The maximum absolute atomic E-state index is 12.1. The van der Waals surface area contributed by atoms with Gasteiger partial charge in [0.2, 0.25) is 4.96 Å². The van der Waals surface area contributed by atoms with Crippen LogP contribution in [0.1, 0.15) is 55.6 Å². The molecule has 0 atom stereocenters. The summed E-state index contributed by atoms with van der Waals surface area (Å²) in [6.07, 6.45) is 6.00. The monoisotopic (exact) mass is 307 g/mol. The number of ether oxygens (including phenoxy) is 1. The summed E-state index contributed by atoms with van der Waals surface area (Å²) in [5.74, 6) is 0.0611. The molecule has 2 aromatic heterocycles. The Hall–Kier alpha value is -1.76. The second kappa shape index (κ2) is 5.93. The highest BCUT2D eigenvalue weighted by Gasteiger charge is 2.20. The predicted octanol–water partition coefficient (Wildman–Crippen LogP) is 2.26. The van der Waals surface area contributed by atoms with Gasteiger partial charge in [-0.2, -0.15) is 9.61 Å². The Bertz CT molecular complexity index is 716. The molecule has 0 aromatic carbocycles. The Morgan fingerprint density at radius 1 is 1.43 bits per heavy atom. The predicted molar refractivity (Wildman–Crippen MR) is 78.4 cm³/mol.